The number of benzene rings is 1. The predicted octanol–water partition coefficient (Wildman–Crippen LogP) is 2.78. The molecule has 0 aliphatic carbocycles. The molecule has 1 aromatic heterocycles. The van der Waals surface area contributed by atoms with Gasteiger partial charge >= 0.3 is 0 Å². The van der Waals surface area contributed by atoms with Gasteiger partial charge in [0.25, 0.3) is 5.91 Å². The summed E-state index contributed by atoms with van der Waals surface area (Å²) in [5.41, 5.74) is 1.59. The van der Waals surface area contributed by atoms with E-state index in [0.717, 1.165) is 51.9 Å². The van der Waals surface area contributed by atoms with Gasteiger partial charge in [-0.1, -0.05) is 35.5 Å². The fourth-order valence-corrected chi connectivity index (χ4v) is 4.55. The molecule has 1 unspecified atom stereocenters. The molecule has 8 nitrogen and oxygen atoms in total. The lowest BCUT2D eigenvalue weighted by atomic mass is 10.0. The van der Waals surface area contributed by atoms with Gasteiger partial charge in [0.15, 0.2) is 5.69 Å². The van der Waals surface area contributed by atoms with Crippen LogP contribution in [-0.2, 0) is 16.1 Å². The summed E-state index contributed by atoms with van der Waals surface area (Å²) in [4.78, 5) is 29.7. The summed E-state index contributed by atoms with van der Waals surface area (Å²) in [5.74, 6) is 0.356. The first-order valence-electron chi connectivity index (χ1n) is 12.0. The molecule has 4 rings (SSSR count). The summed E-state index contributed by atoms with van der Waals surface area (Å²) < 4.78 is 10.8. The van der Waals surface area contributed by atoms with E-state index in [4.69, 9.17) is 9.26 Å². The second-order valence-electron chi connectivity index (χ2n) is 9.06. The maximum Gasteiger partial charge on any atom is 0.276 e. The zero-order chi connectivity index (χ0) is 23.0. The van der Waals surface area contributed by atoms with Gasteiger partial charge in [0.1, 0.15) is 5.76 Å². The SMILES string of the molecule is Cc1cc(C(=O)N(CCC(=O)NC2CCN(Cc3ccccc3)CC2)CC2CCCO2)no1. The number of nitrogens with zero attached hydrogens (tertiary/aromatic N) is 3. The molecule has 8 heteroatoms. The molecule has 178 valence electrons. The van der Waals surface area contributed by atoms with E-state index in [0.29, 0.717) is 18.8 Å². The summed E-state index contributed by atoms with van der Waals surface area (Å²) in [5, 5.41) is 7.02. The Kier molecular flexibility index (Phi) is 8.12. The highest BCUT2D eigenvalue weighted by molar-refractivity contribution is 5.92. The van der Waals surface area contributed by atoms with Crippen LogP contribution >= 0.6 is 0 Å². The summed E-state index contributed by atoms with van der Waals surface area (Å²) in [6.45, 7) is 6.17. The van der Waals surface area contributed by atoms with E-state index in [-0.39, 0.29) is 36.1 Å². The van der Waals surface area contributed by atoms with Gasteiger partial charge in [-0.05, 0) is 38.2 Å². The Balaban J connectivity index is 1.23. The molecule has 1 atom stereocenters. The van der Waals surface area contributed by atoms with Gasteiger partial charge in [-0.25, -0.2) is 0 Å². The fourth-order valence-electron chi connectivity index (χ4n) is 4.55. The number of carbonyl (C=O) groups excluding carboxylic acids is 2. The number of hydrogen-bond acceptors (Lipinski definition) is 6. The van der Waals surface area contributed by atoms with Crippen LogP contribution in [0.2, 0.25) is 0 Å². The third-order valence-corrected chi connectivity index (χ3v) is 6.39. The maximum absolute atomic E-state index is 12.9. The molecule has 2 aromatic rings. The standard InChI is InChI=1S/C25H34N4O4/c1-19-16-23(27-33-19)25(31)29(18-22-8-5-15-32-22)14-11-24(30)26-21-9-12-28(13-10-21)17-20-6-3-2-4-7-20/h2-4,6-7,16,21-22H,5,8-15,17-18H2,1H3,(H,26,30). The van der Waals surface area contributed by atoms with Crippen molar-refractivity contribution in [1.82, 2.24) is 20.3 Å². The van der Waals surface area contributed by atoms with Crippen molar-refractivity contribution in [3.63, 3.8) is 0 Å². The molecule has 0 saturated carbocycles. The van der Waals surface area contributed by atoms with Crippen LogP contribution in [0, 0.1) is 6.92 Å². The van der Waals surface area contributed by atoms with Crippen LogP contribution in [0.25, 0.3) is 0 Å². The molecule has 0 bridgehead atoms. The van der Waals surface area contributed by atoms with Crippen LogP contribution in [-0.4, -0.2) is 71.7 Å². The van der Waals surface area contributed by atoms with E-state index >= 15 is 0 Å². The van der Waals surface area contributed by atoms with E-state index in [1.807, 2.05) is 6.07 Å². The van der Waals surface area contributed by atoms with Crippen molar-refractivity contribution in [1.29, 1.82) is 0 Å². The number of rotatable bonds is 9. The molecule has 33 heavy (non-hydrogen) atoms. The van der Waals surface area contributed by atoms with Crippen LogP contribution in [0.3, 0.4) is 0 Å². The van der Waals surface area contributed by atoms with Crippen molar-refractivity contribution < 1.29 is 18.8 Å². The molecular formula is C25H34N4O4. The number of hydrogen-bond donors (Lipinski definition) is 1. The van der Waals surface area contributed by atoms with Crippen LogP contribution < -0.4 is 5.32 Å². The quantitative estimate of drug-likeness (QED) is 0.627. The van der Waals surface area contributed by atoms with Gasteiger partial charge in [0.05, 0.1) is 6.10 Å². The van der Waals surface area contributed by atoms with E-state index in [1.165, 1.54) is 5.56 Å². The number of carbonyl (C=O) groups is 2. The molecule has 2 fully saturated rings. The molecule has 2 amide bonds. The number of aromatic nitrogens is 1. The van der Waals surface area contributed by atoms with E-state index in [9.17, 15) is 9.59 Å². The summed E-state index contributed by atoms with van der Waals surface area (Å²) in [7, 11) is 0. The Morgan fingerprint density at radius 3 is 2.64 bits per heavy atom. The first kappa shape index (κ1) is 23.4. The highest BCUT2D eigenvalue weighted by Gasteiger charge is 2.26. The minimum absolute atomic E-state index is 0.0129. The normalized spacial score (nSPS) is 19.5. The molecule has 1 N–H and O–H groups in total. The molecule has 0 radical (unpaired) electrons. The van der Waals surface area contributed by atoms with Gasteiger partial charge in [-0.2, -0.15) is 0 Å². The first-order chi connectivity index (χ1) is 16.1. The van der Waals surface area contributed by atoms with Crippen LogP contribution in [0.15, 0.2) is 40.9 Å². The lowest BCUT2D eigenvalue weighted by Gasteiger charge is -2.32. The third kappa shape index (κ3) is 6.88. The largest absolute Gasteiger partial charge is 0.376 e. The number of likely N-dealkylation sites (tertiary alicyclic amines) is 1. The zero-order valence-corrected chi connectivity index (χ0v) is 19.4. The zero-order valence-electron chi connectivity index (χ0n) is 19.4. The summed E-state index contributed by atoms with van der Waals surface area (Å²) in [6, 6.07) is 12.3. The fraction of sp³-hybridized carbons (Fsp3) is 0.560. The van der Waals surface area contributed by atoms with Gasteiger partial charge in [-0.15, -0.1) is 0 Å². The van der Waals surface area contributed by atoms with Crippen molar-refractivity contribution in [3.05, 3.63) is 53.4 Å². The monoisotopic (exact) mass is 454 g/mol. The van der Waals surface area contributed by atoms with Crippen LogP contribution in [0.5, 0.6) is 0 Å². The van der Waals surface area contributed by atoms with Gasteiger partial charge in [0, 0.05) is 57.9 Å². The van der Waals surface area contributed by atoms with Gasteiger partial charge in [0.2, 0.25) is 5.91 Å². The minimum atomic E-state index is -0.218. The number of amides is 2. The number of nitrogens with one attached hydrogen (secondary N) is 1. The molecular weight excluding hydrogens is 420 g/mol. The Morgan fingerprint density at radius 1 is 1.18 bits per heavy atom. The van der Waals surface area contributed by atoms with Crippen LogP contribution in [0.1, 0.15) is 53.9 Å². The Hall–Kier alpha value is -2.71. The number of ether oxygens (including phenoxy) is 1. The van der Waals surface area contributed by atoms with Crippen molar-refractivity contribution in [3.8, 4) is 0 Å². The smallest absolute Gasteiger partial charge is 0.276 e. The lowest BCUT2D eigenvalue weighted by molar-refractivity contribution is -0.122. The Labute approximate surface area is 195 Å². The van der Waals surface area contributed by atoms with Gasteiger partial charge in [-0.3, -0.25) is 14.5 Å². The second kappa shape index (κ2) is 11.4. The lowest BCUT2D eigenvalue weighted by Crippen LogP contribution is -2.45. The molecule has 3 heterocycles. The molecule has 2 aliphatic heterocycles. The second-order valence-corrected chi connectivity index (χ2v) is 9.06. The molecule has 2 aliphatic rings. The average molecular weight is 455 g/mol. The van der Waals surface area contributed by atoms with E-state index in [1.54, 1.807) is 17.9 Å². The van der Waals surface area contributed by atoms with Crippen molar-refractivity contribution >= 4 is 11.8 Å². The van der Waals surface area contributed by atoms with E-state index < -0.39 is 0 Å². The highest BCUT2D eigenvalue weighted by Crippen LogP contribution is 2.17. The number of piperidine rings is 1. The topological polar surface area (TPSA) is 87.9 Å². The first-order valence-corrected chi connectivity index (χ1v) is 12.0. The molecule has 1 aromatic carbocycles. The molecule has 0 spiro atoms. The molecule has 2 saturated heterocycles. The maximum atomic E-state index is 12.9. The summed E-state index contributed by atoms with van der Waals surface area (Å²) in [6.07, 6.45) is 4.08. The summed E-state index contributed by atoms with van der Waals surface area (Å²) >= 11 is 0. The Bertz CT molecular complexity index is 902. The number of aryl methyl sites for hydroxylation is 1. The third-order valence-electron chi connectivity index (χ3n) is 6.39. The van der Waals surface area contributed by atoms with Crippen molar-refractivity contribution in [2.75, 3.05) is 32.8 Å². The van der Waals surface area contributed by atoms with E-state index in [2.05, 4.69) is 39.6 Å². The Morgan fingerprint density at radius 2 is 1.97 bits per heavy atom. The predicted molar refractivity (Wildman–Crippen MR) is 124 cm³/mol. The average Bonchev–Trinajstić information content (AvgIpc) is 3.50. The minimum Gasteiger partial charge on any atom is -0.376 e. The van der Waals surface area contributed by atoms with Gasteiger partial charge < -0.3 is 19.5 Å². The van der Waals surface area contributed by atoms with Crippen LogP contribution in [0.4, 0.5) is 0 Å². The van der Waals surface area contributed by atoms with Crippen molar-refractivity contribution in [2.45, 2.75) is 57.7 Å². The van der Waals surface area contributed by atoms with Crippen molar-refractivity contribution in [2.24, 2.45) is 0 Å². The highest BCUT2D eigenvalue weighted by atomic mass is 16.5.